The zero-order valence-corrected chi connectivity index (χ0v) is 15.6. The molecule has 0 bridgehead atoms. The van der Waals surface area contributed by atoms with Crippen molar-refractivity contribution >= 4 is 5.91 Å². The Labute approximate surface area is 165 Å². The van der Waals surface area contributed by atoms with Gasteiger partial charge in [0.2, 0.25) is 11.7 Å². The highest BCUT2D eigenvalue weighted by Crippen LogP contribution is 2.34. The number of halogens is 3. The van der Waals surface area contributed by atoms with E-state index < -0.39 is 17.8 Å². The quantitative estimate of drug-likeness (QED) is 0.617. The molecule has 1 unspecified atom stereocenters. The first-order valence-electron chi connectivity index (χ1n) is 9.22. The number of carbonyl (C=O) groups is 1. The Bertz CT molecular complexity index is 1010. The van der Waals surface area contributed by atoms with Gasteiger partial charge in [-0.2, -0.15) is 18.2 Å². The van der Waals surface area contributed by atoms with E-state index in [2.05, 4.69) is 10.1 Å². The van der Waals surface area contributed by atoms with E-state index in [1.54, 1.807) is 4.90 Å². The predicted molar refractivity (Wildman–Crippen MR) is 98.9 cm³/mol. The first-order valence-corrected chi connectivity index (χ1v) is 9.22. The lowest BCUT2D eigenvalue weighted by atomic mass is 10.1. The van der Waals surface area contributed by atoms with Crippen LogP contribution in [0.5, 0.6) is 0 Å². The highest BCUT2D eigenvalue weighted by atomic mass is 19.4. The minimum atomic E-state index is -4.44. The first-order chi connectivity index (χ1) is 13.8. The number of rotatable bonds is 3. The Morgan fingerprint density at radius 1 is 1.10 bits per heavy atom. The number of amides is 1. The maximum absolute atomic E-state index is 12.9. The van der Waals surface area contributed by atoms with Gasteiger partial charge in [0.25, 0.3) is 5.91 Å². The van der Waals surface area contributed by atoms with E-state index in [1.165, 1.54) is 12.1 Å². The molecule has 0 radical (unpaired) electrons. The monoisotopic (exact) mass is 401 g/mol. The molecule has 2 aromatic carbocycles. The molecule has 3 aromatic rings. The van der Waals surface area contributed by atoms with Gasteiger partial charge in [-0.15, -0.1) is 0 Å². The summed E-state index contributed by atoms with van der Waals surface area (Å²) in [5.74, 6) is 0.420. The first kappa shape index (κ1) is 19.2. The molecular weight excluding hydrogens is 383 g/mol. The zero-order chi connectivity index (χ0) is 20.6. The average Bonchev–Trinajstić information content (AvgIpc) is 3.37. The number of aryl methyl sites for hydroxylation is 1. The van der Waals surface area contributed by atoms with Gasteiger partial charge in [-0.1, -0.05) is 35.0 Å². The molecule has 1 fully saturated rings. The molecule has 1 atom stereocenters. The van der Waals surface area contributed by atoms with E-state index in [9.17, 15) is 18.0 Å². The van der Waals surface area contributed by atoms with Crippen molar-refractivity contribution in [1.29, 1.82) is 0 Å². The molecule has 2 heterocycles. The average molecular weight is 401 g/mol. The van der Waals surface area contributed by atoms with E-state index in [1.807, 2.05) is 31.2 Å². The predicted octanol–water partition coefficient (Wildman–Crippen LogP) is 5.04. The molecule has 1 aromatic heterocycles. The van der Waals surface area contributed by atoms with Gasteiger partial charge in [0.15, 0.2) is 0 Å². The molecule has 1 aliphatic rings. The van der Waals surface area contributed by atoms with Gasteiger partial charge in [0.1, 0.15) is 6.04 Å². The van der Waals surface area contributed by atoms with Crippen molar-refractivity contribution in [3.05, 3.63) is 71.1 Å². The number of carbonyl (C=O) groups excluding carboxylic acids is 1. The Morgan fingerprint density at radius 3 is 2.45 bits per heavy atom. The lowest BCUT2D eigenvalue weighted by molar-refractivity contribution is -0.137. The summed E-state index contributed by atoms with van der Waals surface area (Å²) in [6, 6.07) is 11.5. The number of aromatic nitrogens is 2. The maximum Gasteiger partial charge on any atom is 0.416 e. The topological polar surface area (TPSA) is 59.2 Å². The Morgan fingerprint density at radius 2 is 1.79 bits per heavy atom. The van der Waals surface area contributed by atoms with Gasteiger partial charge < -0.3 is 9.42 Å². The van der Waals surface area contributed by atoms with Crippen LogP contribution in [0, 0.1) is 6.92 Å². The molecule has 0 N–H and O–H groups in total. The van der Waals surface area contributed by atoms with E-state index >= 15 is 0 Å². The van der Waals surface area contributed by atoms with Crippen LogP contribution in [0.15, 0.2) is 53.1 Å². The molecule has 0 saturated carbocycles. The van der Waals surface area contributed by atoms with Gasteiger partial charge in [-0.05, 0) is 44.0 Å². The minimum absolute atomic E-state index is 0.197. The normalized spacial score (nSPS) is 17.0. The summed E-state index contributed by atoms with van der Waals surface area (Å²) < 4.78 is 43.6. The molecule has 5 nitrogen and oxygen atoms in total. The summed E-state index contributed by atoms with van der Waals surface area (Å²) in [4.78, 5) is 18.9. The van der Waals surface area contributed by atoms with Crippen molar-refractivity contribution in [3.63, 3.8) is 0 Å². The van der Waals surface area contributed by atoms with E-state index in [-0.39, 0.29) is 11.5 Å². The Hall–Kier alpha value is -3.16. The SMILES string of the molecule is Cc1ccc(-c2noc(C3CCCN3C(=O)c3ccc(C(F)(F)F)cc3)n2)cc1. The van der Waals surface area contributed by atoms with Crippen LogP contribution < -0.4 is 0 Å². The van der Waals surface area contributed by atoms with E-state index in [0.717, 1.165) is 29.7 Å². The molecule has 1 aliphatic heterocycles. The summed E-state index contributed by atoms with van der Waals surface area (Å²) in [6.07, 6.45) is -3.03. The van der Waals surface area contributed by atoms with Crippen LogP contribution in [0.3, 0.4) is 0 Å². The summed E-state index contributed by atoms with van der Waals surface area (Å²) in [7, 11) is 0. The largest absolute Gasteiger partial charge is 0.416 e. The molecule has 8 heteroatoms. The van der Waals surface area contributed by atoms with Crippen molar-refractivity contribution in [2.45, 2.75) is 32.0 Å². The van der Waals surface area contributed by atoms with Crippen LogP contribution in [-0.2, 0) is 6.18 Å². The molecule has 1 saturated heterocycles. The zero-order valence-electron chi connectivity index (χ0n) is 15.6. The molecule has 0 spiro atoms. The van der Waals surface area contributed by atoms with Gasteiger partial charge >= 0.3 is 6.18 Å². The van der Waals surface area contributed by atoms with Crippen molar-refractivity contribution in [3.8, 4) is 11.4 Å². The standard InChI is InChI=1S/C21H18F3N3O2/c1-13-4-6-14(7-5-13)18-25-19(29-26-18)17-3-2-12-27(17)20(28)15-8-10-16(11-9-15)21(22,23)24/h4-11,17H,2-3,12H2,1H3. The van der Waals surface area contributed by atoms with Gasteiger partial charge in [-0.25, -0.2) is 0 Å². The second-order valence-corrected chi connectivity index (χ2v) is 7.05. The van der Waals surface area contributed by atoms with Crippen molar-refractivity contribution in [2.75, 3.05) is 6.54 Å². The van der Waals surface area contributed by atoms with Gasteiger partial charge in [0, 0.05) is 17.7 Å². The number of alkyl halides is 3. The third-order valence-electron chi connectivity index (χ3n) is 5.01. The van der Waals surface area contributed by atoms with Crippen LogP contribution in [0.2, 0.25) is 0 Å². The molecule has 1 amide bonds. The van der Waals surface area contributed by atoms with Crippen LogP contribution >= 0.6 is 0 Å². The molecule has 150 valence electrons. The fourth-order valence-corrected chi connectivity index (χ4v) is 3.42. The highest BCUT2D eigenvalue weighted by molar-refractivity contribution is 5.94. The van der Waals surface area contributed by atoms with Crippen LogP contribution in [-0.4, -0.2) is 27.5 Å². The lowest BCUT2D eigenvalue weighted by Crippen LogP contribution is -2.30. The maximum atomic E-state index is 12.9. The third kappa shape index (κ3) is 3.87. The van der Waals surface area contributed by atoms with E-state index in [4.69, 9.17) is 4.52 Å². The number of hydrogen-bond donors (Lipinski definition) is 0. The van der Waals surface area contributed by atoms with Crippen molar-refractivity contribution < 1.29 is 22.5 Å². The summed E-state index contributed by atoms with van der Waals surface area (Å²) in [6.45, 7) is 2.46. The fourth-order valence-electron chi connectivity index (χ4n) is 3.42. The highest BCUT2D eigenvalue weighted by Gasteiger charge is 2.35. The smallest absolute Gasteiger partial charge is 0.337 e. The second kappa shape index (κ2) is 7.35. The van der Waals surface area contributed by atoms with E-state index in [0.29, 0.717) is 24.7 Å². The van der Waals surface area contributed by atoms with Crippen molar-refractivity contribution in [1.82, 2.24) is 15.0 Å². The van der Waals surface area contributed by atoms with Crippen LogP contribution in [0.4, 0.5) is 13.2 Å². The van der Waals surface area contributed by atoms with Gasteiger partial charge in [0.05, 0.1) is 5.56 Å². The molecule has 0 aliphatic carbocycles. The summed E-state index contributed by atoms with van der Waals surface area (Å²) in [5, 5.41) is 4.02. The minimum Gasteiger partial charge on any atom is -0.337 e. The summed E-state index contributed by atoms with van der Waals surface area (Å²) in [5.41, 5.74) is 1.33. The third-order valence-corrected chi connectivity index (χ3v) is 5.01. The molecule has 4 rings (SSSR count). The number of likely N-dealkylation sites (tertiary alicyclic amines) is 1. The lowest BCUT2D eigenvalue weighted by Gasteiger charge is -2.22. The second-order valence-electron chi connectivity index (χ2n) is 7.05. The van der Waals surface area contributed by atoms with Crippen molar-refractivity contribution in [2.24, 2.45) is 0 Å². The van der Waals surface area contributed by atoms with Crippen LogP contribution in [0.25, 0.3) is 11.4 Å². The Balaban J connectivity index is 1.55. The Kier molecular flexibility index (Phi) is 4.86. The number of nitrogens with zero attached hydrogens (tertiary/aromatic N) is 3. The van der Waals surface area contributed by atoms with Gasteiger partial charge in [-0.3, -0.25) is 4.79 Å². The molecule has 29 heavy (non-hydrogen) atoms. The number of benzene rings is 2. The fraction of sp³-hybridized carbons (Fsp3) is 0.286. The number of hydrogen-bond acceptors (Lipinski definition) is 4. The molecular formula is C21H18F3N3O2. The summed E-state index contributed by atoms with van der Waals surface area (Å²) >= 11 is 0. The van der Waals surface area contributed by atoms with Crippen LogP contribution in [0.1, 0.15) is 46.3 Å².